The van der Waals surface area contributed by atoms with Crippen molar-refractivity contribution in [3.8, 4) is 0 Å². The van der Waals surface area contributed by atoms with Gasteiger partial charge in [-0.15, -0.1) is 0 Å². The van der Waals surface area contributed by atoms with E-state index in [0.717, 1.165) is 6.07 Å². The van der Waals surface area contributed by atoms with Crippen LogP contribution < -0.4 is 5.32 Å². The second-order valence-electron chi connectivity index (χ2n) is 7.05. The van der Waals surface area contributed by atoms with E-state index in [-0.39, 0.29) is 24.5 Å². The lowest BCUT2D eigenvalue weighted by Gasteiger charge is -2.37. The van der Waals surface area contributed by atoms with E-state index in [9.17, 15) is 23.5 Å². The van der Waals surface area contributed by atoms with Gasteiger partial charge in [0, 0.05) is 25.2 Å². The predicted octanol–water partition coefficient (Wildman–Crippen LogP) is 2.72. The van der Waals surface area contributed by atoms with E-state index in [2.05, 4.69) is 5.32 Å². The summed E-state index contributed by atoms with van der Waals surface area (Å²) in [6.07, 6.45) is 1.68. The number of carbonyl (C=O) groups excluding carboxylic acids is 1. The normalized spacial score (nSPS) is 29.2. The smallest absolute Gasteiger partial charge is 0.317 e. The Balaban J connectivity index is 1.51. The van der Waals surface area contributed by atoms with Crippen LogP contribution in [0.25, 0.3) is 0 Å². The number of likely N-dealkylation sites (tertiary alicyclic amines) is 1. The molecule has 0 bridgehead atoms. The highest BCUT2D eigenvalue weighted by atomic mass is 19.1. The third-order valence-corrected chi connectivity index (χ3v) is 5.10. The summed E-state index contributed by atoms with van der Waals surface area (Å²) in [7, 11) is 0. The van der Waals surface area contributed by atoms with Gasteiger partial charge in [0.05, 0.1) is 5.41 Å². The Hall–Kier alpha value is -2.18. The minimum atomic E-state index is -0.894. The van der Waals surface area contributed by atoms with Crippen LogP contribution in [0.5, 0.6) is 0 Å². The van der Waals surface area contributed by atoms with Crippen molar-refractivity contribution < 1.29 is 23.5 Å². The quantitative estimate of drug-likeness (QED) is 0.890. The number of rotatable bonds is 3. The van der Waals surface area contributed by atoms with Gasteiger partial charge >= 0.3 is 12.0 Å². The Labute approximate surface area is 138 Å². The van der Waals surface area contributed by atoms with Crippen LogP contribution in [0, 0.1) is 17.0 Å². The molecule has 24 heavy (non-hydrogen) atoms. The molecule has 3 rings (SSSR count). The van der Waals surface area contributed by atoms with Gasteiger partial charge in [0.15, 0.2) is 0 Å². The lowest BCUT2D eigenvalue weighted by Crippen LogP contribution is -2.49. The molecule has 2 fully saturated rings. The lowest BCUT2D eigenvalue weighted by atomic mass is 9.76. The van der Waals surface area contributed by atoms with Crippen molar-refractivity contribution in [3.05, 3.63) is 35.4 Å². The van der Waals surface area contributed by atoms with Crippen LogP contribution in [-0.2, 0) is 4.79 Å². The summed E-state index contributed by atoms with van der Waals surface area (Å²) in [4.78, 5) is 24.9. The summed E-state index contributed by atoms with van der Waals surface area (Å²) in [5.74, 6) is -2.05. The van der Waals surface area contributed by atoms with Gasteiger partial charge in [-0.1, -0.05) is 0 Å². The van der Waals surface area contributed by atoms with E-state index in [0.29, 0.717) is 31.4 Å². The van der Waals surface area contributed by atoms with Gasteiger partial charge in [0.25, 0.3) is 0 Å². The number of carboxylic acid groups (broad SMARTS) is 1. The fraction of sp³-hybridized carbons (Fsp3) is 0.529. The molecule has 1 aliphatic heterocycles. The van der Waals surface area contributed by atoms with Crippen LogP contribution in [0.15, 0.2) is 18.2 Å². The molecule has 7 heteroatoms. The molecule has 1 aliphatic carbocycles. The number of aliphatic carboxylic acids is 1. The largest absolute Gasteiger partial charge is 0.481 e. The van der Waals surface area contributed by atoms with Gasteiger partial charge in [-0.25, -0.2) is 13.6 Å². The third-order valence-electron chi connectivity index (χ3n) is 5.10. The van der Waals surface area contributed by atoms with Crippen molar-refractivity contribution in [3.63, 3.8) is 0 Å². The van der Waals surface area contributed by atoms with Crippen LogP contribution in [0.3, 0.4) is 0 Å². The average Bonchev–Trinajstić information content (AvgIpc) is 2.85. The first-order valence-corrected chi connectivity index (χ1v) is 8.02. The molecular formula is C17H20F2N2O3. The molecule has 0 radical (unpaired) electrons. The number of amides is 2. The number of hydrogen-bond acceptors (Lipinski definition) is 2. The lowest BCUT2D eigenvalue weighted by molar-refractivity contribution is -0.147. The molecule has 5 nitrogen and oxygen atoms in total. The second kappa shape index (κ2) is 6.03. The molecule has 1 heterocycles. The highest BCUT2D eigenvalue weighted by molar-refractivity contribution is 5.79. The predicted molar refractivity (Wildman–Crippen MR) is 82.6 cm³/mol. The Morgan fingerprint density at radius 1 is 1.25 bits per heavy atom. The molecule has 1 aromatic rings. The average molecular weight is 338 g/mol. The van der Waals surface area contributed by atoms with Gasteiger partial charge in [-0.05, 0) is 49.8 Å². The van der Waals surface area contributed by atoms with Gasteiger partial charge in [0.1, 0.15) is 11.6 Å². The molecular weight excluding hydrogens is 318 g/mol. The first kappa shape index (κ1) is 16.7. The zero-order valence-corrected chi connectivity index (χ0v) is 13.4. The number of carboxylic acids is 1. The number of nitrogens with zero attached hydrogens (tertiary/aromatic N) is 1. The van der Waals surface area contributed by atoms with E-state index in [4.69, 9.17) is 0 Å². The summed E-state index contributed by atoms with van der Waals surface area (Å²) in [5, 5.41) is 12.1. The molecule has 2 amide bonds. The Morgan fingerprint density at radius 3 is 2.42 bits per heavy atom. The molecule has 130 valence electrons. The highest BCUT2D eigenvalue weighted by Gasteiger charge is 2.43. The zero-order chi connectivity index (χ0) is 17.5. The monoisotopic (exact) mass is 338 g/mol. The van der Waals surface area contributed by atoms with E-state index < -0.39 is 23.0 Å². The van der Waals surface area contributed by atoms with Crippen LogP contribution >= 0.6 is 0 Å². The molecule has 2 N–H and O–H groups in total. The Morgan fingerprint density at radius 2 is 1.88 bits per heavy atom. The number of halogens is 2. The fourth-order valence-electron chi connectivity index (χ4n) is 3.39. The van der Waals surface area contributed by atoms with Crippen LogP contribution in [-0.4, -0.2) is 41.1 Å². The molecule has 1 saturated heterocycles. The zero-order valence-electron chi connectivity index (χ0n) is 13.4. The highest BCUT2D eigenvalue weighted by Crippen LogP contribution is 2.38. The van der Waals surface area contributed by atoms with E-state index in [1.165, 1.54) is 17.0 Å². The SMILES string of the molecule is CC1(C(=O)O)CCN(C(=O)NC2CC(c3cc(F)cc(F)c3)C2)C1. The van der Waals surface area contributed by atoms with Crippen LogP contribution in [0.4, 0.5) is 13.6 Å². The topological polar surface area (TPSA) is 69.6 Å². The number of nitrogens with one attached hydrogen (secondary N) is 1. The molecule has 2 aliphatic rings. The van der Waals surface area contributed by atoms with Crippen molar-refractivity contribution in [2.45, 2.75) is 38.1 Å². The van der Waals surface area contributed by atoms with Crippen molar-refractivity contribution >= 4 is 12.0 Å². The molecule has 1 atom stereocenters. The summed E-state index contributed by atoms with van der Waals surface area (Å²) in [6, 6.07) is 3.17. The Bertz CT molecular complexity index is 656. The Kier molecular flexibility index (Phi) is 4.19. The first-order valence-electron chi connectivity index (χ1n) is 8.02. The minimum Gasteiger partial charge on any atom is -0.481 e. The van der Waals surface area contributed by atoms with Gasteiger partial charge in [-0.2, -0.15) is 0 Å². The summed E-state index contributed by atoms with van der Waals surface area (Å²) < 4.78 is 26.5. The molecule has 0 aromatic heterocycles. The van der Waals surface area contributed by atoms with Crippen LogP contribution in [0.1, 0.15) is 37.7 Å². The molecule has 1 aromatic carbocycles. The third kappa shape index (κ3) is 3.20. The molecule has 1 unspecified atom stereocenters. The summed E-state index contributed by atoms with van der Waals surface area (Å²) in [5.41, 5.74) is -0.281. The summed E-state index contributed by atoms with van der Waals surface area (Å²) in [6.45, 7) is 2.25. The maximum absolute atomic E-state index is 13.2. The number of urea groups is 1. The molecule has 0 spiro atoms. The van der Waals surface area contributed by atoms with Crippen LogP contribution in [0.2, 0.25) is 0 Å². The maximum atomic E-state index is 13.2. The van der Waals surface area contributed by atoms with Crippen molar-refractivity contribution in [2.24, 2.45) is 5.41 Å². The van der Waals surface area contributed by atoms with Crippen molar-refractivity contribution in [2.75, 3.05) is 13.1 Å². The van der Waals surface area contributed by atoms with E-state index in [1.54, 1.807) is 6.92 Å². The second-order valence-corrected chi connectivity index (χ2v) is 7.05. The minimum absolute atomic E-state index is 0.0309. The van der Waals surface area contributed by atoms with Crippen molar-refractivity contribution in [1.82, 2.24) is 10.2 Å². The van der Waals surface area contributed by atoms with Gasteiger partial charge < -0.3 is 15.3 Å². The van der Waals surface area contributed by atoms with E-state index >= 15 is 0 Å². The summed E-state index contributed by atoms with van der Waals surface area (Å²) >= 11 is 0. The van der Waals surface area contributed by atoms with Gasteiger partial charge in [-0.3, -0.25) is 4.79 Å². The fourth-order valence-corrected chi connectivity index (χ4v) is 3.39. The molecule has 1 saturated carbocycles. The number of hydrogen-bond donors (Lipinski definition) is 2. The maximum Gasteiger partial charge on any atom is 0.317 e. The number of benzene rings is 1. The first-order chi connectivity index (χ1) is 11.3. The standard InChI is InChI=1S/C17H20F2N2O3/c1-17(15(22)23)2-3-21(9-17)16(24)20-14-6-11(7-14)10-4-12(18)8-13(19)5-10/h4-5,8,11,14H,2-3,6-7,9H2,1H3,(H,20,24)(H,22,23). The van der Waals surface area contributed by atoms with Gasteiger partial charge in [0.2, 0.25) is 0 Å². The van der Waals surface area contributed by atoms with Crippen molar-refractivity contribution in [1.29, 1.82) is 0 Å². The number of carbonyl (C=O) groups is 2. The van der Waals surface area contributed by atoms with E-state index in [1.807, 2.05) is 0 Å².